The zero-order valence-corrected chi connectivity index (χ0v) is 9.88. The van der Waals surface area contributed by atoms with Crippen molar-refractivity contribution in [2.45, 2.75) is 0 Å². The van der Waals surface area contributed by atoms with Crippen LogP contribution in [-0.4, -0.2) is 18.2 Å². The Bertz CT molecular complexity index is 579. The quantitative estimate of drug-likeness (QED) is 0.813. The maximum absolute atomic E-state index is 11.2. The molecule has 2 aromatic rings. The first-order chi connectivity index (χ1) is 8.63. The highest BCUT2D eigenvalue weighted by molar-refractivity contribution is 5.95. The molecule has 0 unspecified atom stereocenters. The smallest absolute Gasteiger partial charge is 0.339 e. The van der Waals surface area contributed by atoms with Gasteiger partial charge in [-0.2, -0.15) is 0 Å². The predicted molar refractivity (Wildman–Crippen MR) is 69.8 cm³/mol. The van der Waals surface area contributed by atoms with E-state index in [0.717, 1.165) is 11.1 Å². The van der Waals surface area contributed by atoms with Gasteiger partial charge in [0.2, 0.25) is 0 Å². The van der Waals surface area contributed by atoms with Crippen molar-refractivity contribution in [1.82, 2.24) is 0 Å². The number of anilines is 1. The van der Waals surface area contributed by atoms with Gasteiger partial charge < -0.3 is 15.6 Å². The summed E-state index contributed by atoms with van der Waals surface area (Å²) in [4.78, 5) is 11.2. The summed E-state index contributed by atoms with van der Waals surface area (Å²) in [6.45, 7) is 0. The summed E-state index contributed by atoms with van der Waals surface area (Å²) in [5.41, 5.74) is 7.87. The van der Waals surface area contributed by atoms with E-state index < -0.39 is 5.97 Å². The third-order valence-electron chi connectivity index (χ3n) is 2.66. The maximum atomic E-state index is 11.2. The molecule has 0 aliphatic rings. The summed E-state index contributed by atoms with van der Waals surface area (Å²) in [7, 11) is 1.40. The largest absolute Gasteiger partial charge is 0.494 e. The molecule has 0 saturated heterocycles. The highest BCUT2D eigenvalue weighted by Gasteiger charge is 2.15. The van der Waals surface area contributed by atoms with E-state index in [1.807, 2.05) is 30.3 Å². The van der Waals surface area contributed by atoms with Crippen molar-refractivity contribution in [1.29, 1.82) is 0 Å². The normalized spacial score (nSPS) is 10.1. The van der Waals surface area contributed by atoms with Crippen LogP contribution in [0, 0.1) is 0 Å². The van der Waals surface area contributed by atoms with Crippen molar-refractivity contribution in [3.05, 3.63) is 48.0 Å². The van der Waals surface area contributed by atoms with Crippen molar-refractivity contribution < 1.29 is 14.6 Å². The second-order valence-electron chi connectivity index (χ2n) is 3.82. The van der Waals surface area contributed by atoms with Gasteiger partial charge in [0.15, 0.2) is 5.75 Å². The SMILES string of the molecule is COc1c(N)cc(-c2ccccc2)cc1C(=O)O. The number of benzene rings is 2. The van der Waals surface area contributed by atoms with Gasteiger partial charge in [0.1, 0.15) is 5.56 Å². The zero-order chi connectivity index (χ0) is 13.1. The first-order valence-electron chi connectivity index (χ1n) is 5.39. The molecule has 0 saturated carbocycles. The van der Waals surface area contributed by atoms with Gasteiger partial charge in [0.05, 0.1) is 12.8 Å². The van der Waals surface area contributed by atoms with E-state index in [4.69, 9.17) is 15.6 Å². The molecule has 3 N–H and O–H groups in total. The van der Waals surface area contributed by atoms with E-state index in [1.165, 1.54) is 7.11 Å². The maximum Gasteiger partial charge on any atom is 0.339 e. The molecule has 0 heterocycles. The number of carboxylic acid groups (broad SMARTS) is 1. The van der Waals surface area contributed by atoms with Gasteiger partial charge in [-0.05, 0) is 23.3 Å². The van der Waals surface area contributed by atoms with Gasteiger partial charge in [-0.1, -0.05) is 30.3 Å². The van der Waals surface area contributed by atoms with E-state index in [0.29, 0.717) is 5.69 Å². The second-order valence-corrected chi connectivity index (χ2v) is 3.82. The third-order valence-corrected chi connectivity index (χ3v) is 2.66. The molecule has 4 nitrogen and oxygen atoms in total. The van der Waals surface area contributed by atoms with Crippen LogP contribution in [0.15, 0.2) is 42.5 Å². The zero-order valence-electron chi connectivity index (χ0n) is 9.88. The number of carboxylic acids is 1. The van der Waals surface area contributed by atoms with Gasteiger partial charge in [-0.15, -0.1) is 0 Å². The lowest BCUT2D eigenvalue weighted by Gasteiger charge is -2.11. The van der Waals surface area contributed by atoms with Crippen LogP contribution in [0.4, 0.5) is 5.69 Å². The lowest BCUT2D eigenvalue weighted by atomic mass is 10.0. The second kappa shape index (κ2) is 4.79. The number of hydrogen-bond acceptors (Lipinski definition) is 3. The molecule has 0 aromatic heterocycles. The summed E-state index contributed by atoms with van der Waals surface area (Å²) in [6, 6.07) is 12.7. The molecule has 0 spiro atoms. The van der Waals surface area contributed by atoms with Crippen LogP contribution in [0.3, 0.4) is 0 Å². The van der Waals surface area contributed by atoms with Crippen LogP contribution in [-0.2, 0) is 0 Å². The molecule has 0 atom stereocenters. The lowest BCUT2D eigenvalue weighted by Crippen LogP contribution is -2.04. The first-order valence-corrected chi connectivity index (χ1v) is 5.39. The Morgan fingerprint density at radius 1 is 1.17 bits per heavy atom. The van der Waals surface area contributed by atoms with Gasteiger partial charge in [-0.3, -0.25) is 0 Å². The molecule has 0 amide bonds. The lowest BCUT2D eigenvalue weighted by molar-refractivity contribution is 0.0693. The van der Waals surface area contributed by atoms with E-state index >= 15 is 0 Å². The van der Waals surface area contributed by atoms with Crippen LogP contribution in [0.2, 0.25) is 0 Å². The van der Waals surface area contributed by atoms with E-state index in [-0.39, 0.29) is 11.3 Å². The fourth-order valence-corrected chi connectivity index (χ4v) is 1.84. The summed E-state index contributed by atoms with van der Waals surface area (Å²) in [5, 5.41) is 9.16. The highest BCUT2D eigenvalue weighted by atomic mass is 16.5. The van der Waals surface area contributed by atoms with E-state index in [9.17, 15) is 4.79 Å². The summed E-state index contributed by atoms with van der Waals surface area (Å²) >= 11 is 0. The topological polar surface area (TPSA) is 72.5 Å². The first kappa shape index (κ1) is 12.0. The Kier molecular flexibility index (Phi) is 3.19. The number of ether oxygens (including phenoxy) is 1. The fraction of sp³-hybridized carbons (Fsp3) is 0.0714. The molecular weight excluding hydrogens is 230 g/mol. The van der Waals surface area contributed by atoms with Gasteiger partial charge >= 0.3 is 5.97 Å². The number of hydrogen-bond donors (Lipinski definition) is 2. The summed E-state index contributed by atoms with van der Waals surface area (Å²) in [6.07, 6.45) is 0. The average molecular weight is 243 g/mol. The molecule has 18 heavy (non-hydrogen) atoms. The molecule has 2 rings (SSSR count). The molecule has 0 radical (unpaired) electrons. The molecular formula is C14H13NO3. The highest BCUT2D eigenvalue weighted by Crippen LogP contribution is 2.32. The van der Waals surface area contributed by atoms with Gasteiger partial charge in [0, 0.05) is 0 Å². The predicted octanol–water partition coefficient (Wildman–Crippen LogP) is 2.64. The van der Waals surface area contributed by atoms with Crippen LogP contribution in [0.25, 0.3) is 11.1 Å². The van der Waals surface area contributed by atoms with E-state index in [2.05, 4.69) is 0 Å². The Morgan fingerprint density at radius 3 is 2.39 bits per heavy atom. The van der Waals surface area contributed by atoms with Gasteiger partial charge in [0.25, 0.3) is 0 Å². The molecule has 0 bridgehead atoms. The minimum absolute atomic E-state index is 0.0661. The van der Waals surface area contributed by atoms with Crippen LogP contribution in [0.5, 0.6) is 5.75 Å². The van der Waals surface area contributed by atoms with Gasteiger partial charge in [-0.25, -0.2) is 4.79 Å². The van der Waals surface area contributed by atoms with Crippen LogP contribution < -0.4 is 10.5 Å². The van der Waals surface area contributed by atoms with Crippen molar-refractivity contribution in [2.75, 3.05) is 12.8 Å². The molecule has 4 heteroatoms. The number of rotatable bonds is 3. The van der Waals surface area contributed by atoms with Crippen LogP contribution >= 0.6 is 0 Å². The Morgan fingerprint density at radius 2 is 1.83 bits per heavy atom. The molecule has 2 aromatic carbocycles. The number of nitrogens with two attached hydrogens (primary N) is 1. The Balaban J connectivity index is 2.62. The number of aromatic carboxylic acids is 1. The fourth-order valence-electron chi connectivity index (χ4n) is 1.84. The average Bonchev–Trinajstić information content (AvgIpc) is 2.38. The summed E-state index contributed by atoms with van der Waals surface area (Å²) < 4.78 is 5.02. The Hall–Kier alpha value is -2.49. The molecule has 0 aliphatic heterocycles. The van der Waals surface area contributed by atoms with E-state index in [1.54, 1.807) is 12.1 Å². The minimum atomic E-state index is -1.06. The van der Waals surface area contributed by atoms with Crippen molar-refractivity contribution >= 4 is 11.7 Å². The summed E-state index contributed by atoms with van der Waals surface area (Å²) in [5.74, 6) is -0.862. The number of methoxy groups -OCH3 is 1. The third kappa shape index (κ3) is 2.13. The van der Waals surface area contributed by atoms with Crippen molar-refractivity contribution in [3.8, 4) is 16.9 Å². The van der Waals surface area contributed by atoms with Crippen molar-refractivity contribution in [3.63, 3.8) is 0 Å². The number of nitrogen functional groups attached to an aromatic ring is 1. The Labute approximate surface area is 105 Å². The number of carbonyl (C=O) groups is 1. The molecule has 0 fully saturated rings. The standard InChI is InChI=1S/C14H13NO3/c1-18-13-11(14(16)17)7-10(8-12(13)15)9-5-3-2-4-6-9/h2-8H,15H2,1H3,(H,16,17). The minimum Gasteiger partial charge on any atom is -0.494 e. The molecule has 0 aliphatic carbocycles. The van der Waals surface area contributed by atoms with Crippen LogP contribution in [0.1, 0.15) is 10.4 Å². The van der Waals surface area contributed by atoms with Crippen molar-refractivity contribution in [2.24, 2.45) is 0 Å². The molecule has 92 valence electrons. The monoisotopic (exact) mass is 243 g/mol.